The highest BCUT2D eigenvalue weighted by molar-refractivity contribution is 5.34. The molecule has 0 aromatic heterocycles. The summed E-state index contributed by atoms with van der Waals surface area (Å²) in [5, 5.41) is 3.64. The molecule has 1 aliphatic carbocycles. The Hall–Kier alpha value is -0.890. The van der Waals surface area contributed by atoms with Crippen LogP contribution in [0, 0.1) is 11.7 Å². The van der Waals surface area contributed by atoms with E-state index in [4.69, 9.17) is 0 Å². The predicted molar refractivity (Wildman–Crippen MR) is 69.5 cm³/mol. The lowest BCUT2D eigenvalue weighted by Crippen LogP contribution is -2.25. The molecule has 0 amide bonds. The minimum absolute atomic E-state index is 0.107. The molecule has 0 saturated heterocycles. The van der Waals surface area contributed by atoms with E-state index in [0.717, 1.165) is 25.3 Å². The van der Waals surface area contributed by atoms with E-state index < -0.39 is 0 Å². The summed E-state index contributed by atoms with van der Waals surface area (Å²) < 4.78 is 13.1. The molecule has 2 heteroatoms. The molecule has 17 heavy (non-hydrogen) atoms. The Bertz CT molecular complexity index is 371. The Kier molecular flexibility index (Phi) is 4.16. The van der Waals surface area contributed by atoms with Crippen molar-refractivity contribution < 1.29 is 4.39 Å². The summed E-state index contributed by atoms with van der Waals surface area (Å²) in [7, 11) is 0. The van der Waals surface area contributed by atoms with E-state index in [2.05, 4.69) is 19.2 Å². The van der Waals surface area contributed by atoms with Gasteiger partial charge in [-0.3, -0.25) is 0 Å². The van der Waals surface area contributed by atoms with Crippen molar-refractivity contribution in [3.63, 3.8) is 0 Å². The summed E-state index contributed by atoms with van der Waals surface area (Å²) >= 11 is 0. The Morgan fingerprint density at radius 2 is 2.12 bits per heavy atom. The molecule has 1 N–H and O–H groups in total. The lowest BCUT2D eigenvalue weighted by Gasteiger charge is -2.18. The number of hydrogen-bond acceptors (Lipinski definition) is 1. The van der Waals surface area contributed by atoms with Crippen molar-refractivity contribution in [1.82, 2.24) is 5.32 Å². The molecule has 94 valence electrons. The Labute approximate surface area is 103 Å². The summed E-state index contributed by atoms with van der Waals surface area (Å²) in [5.74, 6) is 0.656. The first-order valence-corrected chi connectivity index (χ1v) is 6.76. The number of benzene rings is 1. The number of halogens is 1. The Balaban J connectivity index is 1.97. The summed E-state index contributed by atoms with van der Waals surface area (Å²) in [4.78, 5) is 0. The maximum Gasteiger partial charge on any atom is 0.123 e. The van der Waals surface area contributed by atoms with Gasteiger partial charge in [-0.1, -0.05) is 32.8 Å². The molecule has 1 unspecified atom stereocenters. The van der Waals surface area contributed by atoms with Crippen LogP contribution < -0.4 is 5.32 Å². The van der Waals surface area contributed by atoms with E-state index in [1.165, 1.54) is 24.0 Å². The Morgan fingerprint density at radius 1 is 1.35 bits per heavy atom. The van der Waals surface area contributed by atoms with Gasteiger partial charge in [-0.2, -0.15) is 0 Å². The van der Waals surface area contributed by atoms with Crippen LogP contribution in [-0.4, -0.2) is 6.54 Å². The second-order valence-electron chi connectivity index (χ2n) is 5.03. The zero-order valence-corrected chi connectivity index (χ0v) is 10.8. The second kappa shape index (κ2) is 5.63. The second-order valence-corrected chi connectivity index (χ2v) is 5.03. The van der Waals surface area contributed by atoms with Crippen molar-refractivity contribution in [2.24, 2.45) is 5.92 Å². The molecule has 1 aliphatic rings. The predicted octanol–water partition coefficient (Wildman–Crippen LogP) is 3.84. The van der Waals surface area contributed by atoms with E-state index in [9.17, 15) is 4.39 Å². The van der Waals surface area contributed by atoms with Gasteiger partial charge in [0, 0.05) is 6.04 Å². The largest absolute Gasteiger partial charge is 0.310 e. The van der Waals surface area contributed by atoms with Crippen LogP contribution in [-0.2, 0) is 6.42 Å². The highest BCUT2D eigenvalue weighted by Crippen LogP contribution is 2.31. The van der Waals surface area contributed by atoms with Gasteiger partial charge in [-0.15, -0.1) is 0 Å². The van der Waals surface area contributed by atoms with Gasteiger partial charge >= 0.3 is 0 Å². The molecular formula is C15H22FN. The van der Waals surface area contributed by atoms with E-state index in [1.54, 1.807) is 12.1 Å². The normalized spacial score (nSPS) is 18.7. The topological polar surface area (TPSA) is 12.0 Å². The highest BCUT2D eigenvalue weighted by atomic mass is 19.1. The number of nitrogens with one attached hydrogen (secondary N) is 1. The average molecular weight is 235 g/mol. The monoisotopic (exact) mass is 235 g/mol. The molecular weight excluding hydrogens is 213 g/mol. The number of rotatable bonds is 5. The third-order valence-corrected chi connectivity index (χ3v) is 3.99. The summed E-state index contributed by atoms with van der Waals surface area (Å²) in [6, 6.07) is 5.65. The summed E-state index contributed by atoms with van der Waals surface area (Å²) in [6.07, 6.45) is 4.58. The molecule has 2 rings (SSSR count). The first-order chi connectivity index (χ1) is 8.24. The first-order valence-electron chi connectivity index (χ1n) is 6.76. The van der Waals surface area contributed by atoms with Gasteiger partial charge in [-0.05, 0) is 48.6 Å². The van der Waals surface area contributed by atoms with Crippen molar-refractivity contribution in [3.8, 4) is 0 Å². The number of hydrogen-bond donors (Lipinski definition) is 1. The van der Waals surface area contributed by atoms with Crippen LogP contribution >= 0.6 is 0 Å². The molecule has 1 nitrogen and oxygen atoms in total. The van der Waals surface area contributed by atoms with Gasteiger partial charge in [0.05, 0.1) is 0 Å². The molecule has 0 heterocycles. The number of fused-ring (bicyclic) bond motifs is 1. The van der Waals surface area contributed by atoms with Gasteiger partial charge in [0.2, 0.25) is 0 Å². The zero-order valence-electron chi connectivity index (χ0n) is 10.8. The molecule has 0 radical (unpaired) electrons. The van der Waals surface area contributed by atoms with Gasteiger partial charge in [0.25, 0.3) is 0 Å². The van der Waals surface area contributed by atoms with Crippen molar-refractivity contribution >= 4 is 0 Å². The first kappa shape index (κ1) is 12.6. The molecule has 1 atom stereocenters. The fraction of sp³-hybridized carbons (Fsp3) is 0.600. The van der Waals surface area contributed by atoms with Crippen LogP contribution in [0.3, 0.4) is 0 Å². The molecule has 1 aromatic carbocycles. The van der Waals surface area contributed by atoms with Crippen molar-refractivity contribution in [2.75, 3.05) is 6.54 Å². The van der Waals surface area contributed by atoms with Gasteiger partial charge in [0.15, 0.2) is 0 Å². The SMILES string of the molecule is CCC(CC)CNC1CCc2cc(F)ccc21. The van der Waals surface area contributed by atoms with Crippen LogP contribution in [0.5, 0.6) is 0 Å². The standard InChI is InChI=1S/C15H22FN/c1-3-11(4-2)10-17-15-8-5-12-9-13(16)6-7-14(12)15/h6-7,9,11,15,17H,3-5,8,10H2,1-2H3. The van der Waals surface area contributed by atoms with E-state index in [-0.39, 0.29) is 5.82 Å². The highest BCUT2D eigenvalue weighted by Gasteiger charge is 2.22. The molecule has 0 aliphatic heterocycles. The van der Waals surface area contributed by atoms with E-state index in [0.29, 0.717) is 6.04 Å². The lowest BCUT2D eigenvalue weighted by atomic mass is 10.0. The van der Waals surface area contributed by atoms with Gasteiger partial charge in [-0.25, -0.2) is 4.39 Å². The number of aryl methyl sites for hydroxylation is 1. The van der Waals surface area contributed by atoms with Crippen molar-refractivity contribution in [1.29, 1.82) is 0 Å². The van der Waals surface area contributed by atoms with Crippen LogP contribution in [0.2, 0.25) is 0 Å². The lowest BCUT2D eigenvalue weighted by molar-refractivity contribution is 0.410. The summed E-state index contributed by atoms with van der Waals surface area (Å²) in [5.41, 5.74) is 2.49. The van der Waals surface area contributed by atoms with E-state index in [1.807, 2.05) is 6.07 Å². The van der Waals surface area contributed by atoms with Crippen LogP contribution in [0.15, 0.2) is 18.2 Å². The fourth-order valence-corrected chi connectivity index (χ4v) is 2.68. The minimum atomic E-state index is -0.107. The van der Waals surface area contributed by atoms with Crippen molar-refractivity contribution in [3.05, 3.63) is 35.1 Å². The third kappa shape index (κ3) is 2.86. The summed E-state index contributed by atoms with van der Waals surface area (Å²) in [6.45, 7) is 5.57. The molecule has 0 saturated carbocycles. The smallest absolute Gasteiger partial charge is 0.123 e. The maximum absolute atomic E-state index is 13.1. The van der Waals surface area contributed by atoms with E-state index >= 15 is 0 Å². The van der Waals surface area contributed by atoms with Gasteiger partial charge < -0.3 is 5.32 Å². The van der Waals surface area contributed by atoms with Crippen LogP contribution in [0.4, 0.5) is 4.39 Å². The fourth-order valence-electron chi connectivity index (χ4n) is 2.68. The van der Waals surface area contributed by atoms with Crippen molar-refractivity contribution in [2.45, 2.75) is 45.6 Å². The average Bonchev–Trinajstić information content (AvgIpc) is 2.73. The molecule has 0 spiro atoms. The minimum Gasteiger partial charge on any atom is -0.310 e. The maximum atomic E-state index is 13.1. The third-order valence-electron chi connectivity index (χ3n) is 3.99. The molecule has 0 fully saturated rings. The van der Waals surface area contributed by atoms with Crippen LogP contribution in [0.1, 0.15) is 50.3 Å². The van der Waals surface area contributed by atoms with Gasteiger partial charge in [0.1, 0.15) is 5.82 Å². The Morgan fingerprint density at radius 3 is 2.82 bits per heavy atom. The molecule has 1 aromatic rings. The van der Waals surface area contributed by atoms with Crippen LogP contribution in [0.25, 0.3) is 0 Å². The zero-order chi connectivity index (χ0) is 12.3. The quantitative estimate of drug-likeness (QED) is 0.817. The molecule has 0 bridgehead atoms.